The van der Waals surface area contributed by atoms with Crippen LogP contribution in [0.1, 0.15) is 5.56 Å². The third kappa shape index (κ3) is 3.22. The molecule has 0 saturated heterocycles. The molecule has 146 valence electrons. The number of nitrogens with zero attached hydrogens (tertiary/aromatic N) is 2. The number of para-hydroxylation sites is 1. The summed E-state index contributed by atoms with van der Waals surface area (Å²) in [5.74, 6) is -3.04. The van der Waals surface area contributed by atoms with E-state index in [4.69, 9.17) is 4.74 Å². The van der Waals surface area contributed by atoms with Gasteiger partial charge in [-0.2, -0.15) is 0 Å². The van der Waals surface area contributed by atoms with Gasteiger partial charge in [-0.25, -0.2) is 13.7 Å². The molecule has 1 heterocycles. The number of carbonyl (C=O) groups excluding carboxylic acids is 2. The molecule has 0 aliphatic carbocycles. The van der Waals surface area contributed by atoms with Crippen LogP contribution in [-0.4, -0.2) is 49.1 Å². The molecule has 28 heavy (non-hydrogen) atoms. The Bertz CT molecular complexity index is 974. The summed E-state index contributed by atoms with van der Waals surface area (Å²) >= 11 is 0. The molecular formula is C20H18F2N2O4. The first-order valence-corrected chi connectivity index (χ1v) is 8.44. The number of ether oxygens (including phenoxy) is 1. The number of hydrogen-bond donors (Lipinski definition) is 1. The maximum atomic E-state index is 14.3. The molecule has 2 amide bonds. The van der Waals surface area contributed by atoms with Gasteiger partial charge in [0, 0.05) is 25.2 Å². The average molecular weight is 388 g/mol. The molecule has 0 unspecified atom stereocenters. The second kappa shape index (κ2) is 7.77. The van der Waals surface area contributed by atoms with E-state index in [-0.39, 0.29) is 30.1 Å². The number of imide groups is 1. The summed E-state index contributed by atoms with van der Waals surface area (Å²) in [4.78, 5) is 28.3. The molecule has 0 fully saturated rings. The number of carbonyl (C=O) groups is 2. The first kappa shape index (κ1) is 19.5. The summed E-state index contributed by atoms with van der Waals surface area (Å²) < 4.78 is 32.9. The van der Waals surface area contributed by atoms with Gasteiger partial charge in [-0.15, -0.1) is 0 Å². The number of rotatable bonds is 6. The number of aliphatic hydroxyl groups excluding tert-OH is 1. The van der Waals surface area contributed by atoms with Crippen molar-refractivity contribution in [3.63, 3.8) is 0 Å². The largest absolute Gasteiger partial charge is 0.496 e. The van der Waals surface area contributed by atoms with E-state index >= 15 is 0 Å². The summed E-state index contributed by atoms with van der Waals surface area (Å²) in [6.07, 6.45) is 0. The minimum Gasteiger partial charge on any atom is -0.496 e. The fourth-order valence-electron chi connectivity index (χ4n) is 3.11. The van der Waals surface area contributed by atoms with Crippen molar-refractivity contribution in [1.82, 2.24) is 4.90 Å². The van der Waals surface area contributed by atoms with Crippen LogP contribution in [0.5, 0.6) is 5.75 Å². The highest BCUT2D eigenvalue weighted by Crippen LogP contribution is 2.38. The molecule has 0 spiro atoms. The monoisotopic (exact) mass is 388 g/mol. The van der Waals surface area contributed by atoms with Gasteiger partial charge in [0.25, 0.3) is 11.8 Å². The van der Waals surface area contributed by atoms with E-state index in [0.717, 1.165) is 12.1 Å². The lowest BCUT2D eigenvalue weighted by Gasteiger charge is -2.20. The minimum absolute atomic E-state index is 0.00715. The Morgan fingerprint density at radius 1 is 1.11 bits per heavy atom. The van der Waals surface area contributed by atoms with Crippen LogP contribution in [0.25, 0.3) is 5.57 Å². The van der Waals surface area contributed by atoms with Crippen LogP contribution < -0.4 is 9.64 Å². The van der Waals surface area contributed by atoms with Gasteiger partial charge < -0.3 is 14.7 Å². The van der Waals surface area contributed by atoms with E-state index in [2.05, 4.69) is 0 Å². The van der Waals surface area contributed by atoms with Crippen molar-refractivity contribution in [2.24, 2.45) is 0 Å². The average Bonchev–Trinajstić information content (AvgIpc) is 2.92. The summed E-state index contributed by atoms with van der Waals surface area (Å²) in [5, 5.41) is 9.26. The van der Waals surface area contributed by atoms with Gasteiger partial charge in [0.15, 0.2) is 0 Å². The van der Waals surface area contributed by atoms with Crippen molar-refractivity contribution in [3.05, 3.63) is 65.4 Å². The van der Waals surface area contributed by atoms with E-state index in [1.807, 2.05) is 0 Å². The lowest BCUT2D eigenvalue weighted by Crippen LogP contribution is -2.35. The van der Waals surface area contributed by atoms with Crippen molar-refractivity contribution in [3.8, 4) is 5.75 Å². The molecule has 1 aliphatic rings. The van der Waals surface area contributed by atoms with Gasteiger partial charge in [0.2, 0.25) is 0 Å². The molecule has 0 bridgehead atoms. The summed E-state index contributed by atoms with van der Waals surface area (Å²) in [6.45, 7) is -0.182. The Hall–Kier alpha value is -3.26. The molecule has 3 rings (SSSR count). The topological polar surface area (TPSA) is 70.1 Å². The lowest BCUT2D eigenvalue weighted by atomic mass is 10.0. The van der Waals surface area contributed by atoms with Gasteiger partial charge >= 0.3 is 0 Å². The molecule has 0 radical (unpaired) electrons. The van der Waals surface area contributed by atoms with Gasteiger partial charge in [0.05, 0.1) is 25.0 Å². The fourth-order valence-corrected chi connectivity index (χ4v) is 3.11. The van der Waals surface area contributed by atoms with Crippen LogP contribution in [-0.2, 0) is 9.59 Å². The summed E-state index contributed by atoms with van der Waals surface area (Å²) in [5.41, 5.74) is 0.0127. The highest BCUT2D eigenvalue weighted by atomic mass is 19.1. The third-order valence-electron chi connectivity index (χ3n) is 4.40. The third-order valence-corrected chi connectivity index (χ3v) is 4.40. The first-order valence-electron chi connectivity index (χ1n) is 8.44. The fraction of sp³-hybridized carbons (Fsp3) is 0.200. The molecule has 1 N–H and O–H groups in total. The molecule has 1 aliphatic heterocycles. The Labute approximate surface area is 160 Å². The quantitative estimate of drug-likeness (QED) is 0.769. The maximum absolute atomic E-state index is 14.3. The van der Waals surface area contributed by atoms with Crippen LogP contribution in [0.2, 0.25) is 0 Å². The number of benzene rings is 2. The van der Waals surface area contributed by atoms with E-state index in [1.165, 1.54) is 19.1 Å². The van der Waals surface area contributed by atoms with Crippen molar-refractivity contribution >= 4 is 23.1 Å². The van der Waals surface area contributed by atoms with Gasteiger partial charge in [0.1, 0.15) is 23.1 Å². The molecule has 6 nitrogen and oxygen atoms in total. The molecule has 8 heteroatoms. The standard InChI is InChI=1S/C20H18F2N2O4/c1-23(9-10-25)18-17(13-5-3-4-6-16(13)28-2)19(26)24(20(18)27)15-8-7-12(21)11-14(15)22/h3-8,11,25H,9-10H2,1-2H3. The number of likely N-dealkylation sites (N-methyl/N-ethyl adjacent to an activating group) is 1. The Morgan fingerprint density at radius 2 is 1.82 bits per heavy atom. The van der Waals surface area contributed by atoms with E-state index < -0.39 is 23.4 Å². The molecule has 2 aromatic rings. The number of anilines is 1. The highest BCUT2D eigenvalue weighted by molar-refractivity contribution is 6.45. The van der Waals surface area contributed by atoms with Gasteiger partial charge in [-0.05, 0) is 18.2 Å². The van der Waals surface area contributed by atoms with Crippen LogP contribution >= 0.6 is 0 Å². The van der Waals surface area contributed by atoms with Crippen molar-refractivity contribution in [1.29, 1.82) is 0 Å². The second-order valence-corrected chi connectivity index (χ2v) is 6.11. The Kier molecular flexibility index (Phi) is 5.41. The number of hydrogen-bond acceptors (Lipinski definition) is 5. The Balaban J connectivity index is 2.20. The van der Waals surface area contributed by atoms with E-state index in [9.17, 15) is 23.5 Å². The zero-order valence-electron chi connectivity index (χ0n) is 15.3. The van der Waals surface area contributed by atoms with Crippen LogP contribution in [0.15, 0.2) is 48.2 Å². The minimum atomic E-state index is -1.04. The predicted molar refractivity (Wildman–Crippen MR) is 98.5 cm³/mol. The van der Waals surface area contributed by atoms with Gasteiger partial charge in [-0.1, -0.05) is 18.2 Å². The van der Waals surface area contributed by atoms with Crippen LogP contribution in [0.3, 0.4) is 0 Å². The predicted octanol–water partition coefficient (Wildman–Crippen LogP) is 2.18. The molecule has 0 aromatic heterocycles. The zero-order chi connectivity index (χ0) is 20.4. The zero-order valence-corrected chi connectivity index (χ0v) is 15.3. The number of halogens is 2. The van der Waals surface area contributed by atoms with E-state index in [1.54, 1.807) is 24.3 Å². The molecule has 0 saturated carbocycles. The second-order valence-electron chi connectivity index (χ2n) is 6.11. The van der Waals surface area contributed by atoms with Crippen LogP contribution in [0.4, 0.5) is 14.5 Å². The number of amides is 2. The highest BCUT2D eigenvalue weighted by Gasteiger charge is 2.43. The Morgan fingerprint density at radius 3 is 2.46 bits per heavy atom. The lowest BCUT2D eigenvalue weighted by molar-refractivity contribution is -0.120. The normalized spacial score (nSPS) is 14.1. The van der Waals surface area contributed by atoms with Crippen molar-refractivity contribution in [2.45, 2.75) is 0 Å². The SMILES string of the molecule is COc1ccccc1C1=C(N(C)CCO)C(=O)N(c2ccc(F)cc2F)C1=O. The molecule has 0 atom stereocenters. The molecular weight excluding hydrogens is 370 g/mol. The summed E-state index contributed by atoms with van der Waals surface area (Å²) in [7, 11) is 2.96. The van der Waals surface area contributed by atoms with E-state index in [0.29, 0.717) is 22.3 Å². The first-order chi connectivity index (χ1) is 13.4. The van der Waals surface area contributed by atoms with Crippen LogP contribution in [0, 0.1) is 11.6 Å². The number of aliphatic hydroxyl groups is 1. The summed E-state index contributed by atoms with van der Waals surface area (Å²) in [6, 6.07) is 9.23. The van der Waals surface area contributed by atoms with Crippen molar-refractivity contribution < 1.29 is 28.2 Å². The van der Waals surface area contributed by atoms with Gasteiger partial charge in [-0.3, -0.25) is 9.59 Å². The smallest absolute Gasteiger partial charge is 0.282 e. The molecule has 2 aromatic carbocycles. The van der Waals surface area contributed by atoms with Crippen molar-refractivity contribution in [2.75, 3.05) is 32.2 Å². The number of methoxy groups -OCH3 is 1. The maximum Gasteiger partial charge on any atom is 0.282 e.